The molecule has 4 fully saturated rings. The maximum atomic E-state index is 12.8. The monoisotopic (exact) mass is 512 g/mol. The summed E-state index contributed by atoms with van der Waals surface area (Å²) >= 11 is 0. The highest BCUT2D eigenvalue weighted by Crippen LogP contribution is 2.41. The van der Waals surface area contributed by atoms with E-state index in [-0.39, 0.29) is 24.0 Å². The highest BCUT2D eigenvalue weighted by atomic mass is 16.7. The van der Waals surface area contributed by atoms with Gasteiger partial charge < -0.3 is 39.4 Å². The molecule has 3 N–H and O–H groups in total. The molecule has 12 nitrogen and oxygen atoms in total. The topological polar surface area (TPSA) is 159 Å². The molecule has 202 valence electrons. The first kappa shape index (κ1) is 26.5. The fourth-order valence-electron chi connectivity index (χ4n) is 5.24. The first-order valence-corrected chi connectivity index (χ1v) is 12.8. The van der Waals surface area contributed by atoms with E-state index in [1.807, 2.05) is 0 Å². The van der Waals surface area contributed by atoms with Crippen molar-refractivity contribution < 1.29 is 48.0 Å². The van der Waals surface area contributed by atoms with Crippen LogP contribution in [0, 0.1) is 23.7 Å². The van der Waals surface area contributed by atoms with Crippen LogP contribution in [0.4, 0.5) is 9.59 Å². The number of methoxy groups -OCH3 is 1. The van der Waals surface area contributed by atoms with Crippen molar-refractivity contribution in [2.45, 2.75) is 75.7 Å². The number of esters is 1. The summed E-state index contributed by atoms with van der Waals surface area (Å²) in [5, 5.41) is 14.6. The number of nitrogens with one attached hydrogen (secondary N) is 2. The number of carboxylic acid groups (broad SMARTS) is 1. The van der Waals surface area contributed by atoms with Crippen LogP contribution in [-0.2, 0) is 33.3 Å². The van der Waals surface area contributed by atoms with Crippen molar-refractivity contribution in [2.24, 2.45) is 23.7 Å². The number of alkyl carbamates (subject to hydrolysis) is 2. The zero-order chi connectivity index (χ0) is 25.7. The average molecular weight is 513 g/mol. The van der Waals surface area contributed by atoms with Crippen molar-refractivity contribution in [1.82, 2.24) is 10.6 Å². The van der Waals surface area contributed by atoms with Gasteiger partial charge in [-0.15, -0.1) is 0 Å². The van der Waals surface area contributed by atoms with Crippen LogP contribution >= 0.6 is 0 Å². The lowest BCUT2D eigenvalue weighted by Gasteiger charge is -2.34. The summed E-state index contributed by atoms with van der Waals surface area (Å²) in [6.07, 6.45) is 4.87. The number of ether oxygens (including phenoxy) is 5. The van der Waals surface area contributed by atoms with E-state index in [4.69, 9.17) is 18.9 Å². The maximum Gasteiger partial charge on any atom is 0.410 e. The number of carbonyl (C=O) groups is 4. The van der Waals surface area contributed by atoms with Crippen molar-refractivity contribution in [3.8, 4) is 0 Å². The third-order valence-corrected chi connectivity index (χ3v) is 7.59. The van der Waals surface area contributed by atoms with Gasteiger partial charge in [0, 0.05) is 13.2 Å². The molecule has 2 aliphatic heterocycles. The van der Waals surface area contributed by atoms with Crippen LogP contribution in [0.5, 0.6) is 0 Å². The Kier molecular flexibility index (Phi) is 8.89. The lowest BCUT2D eigenvalue weighted by atomic mass is 9.87. The van der Waals surface area contributed by atoms with Crippen LogP contribution in [-0.4, -0.2) is 80.6 Å². The lowest BCUT2D eigenvalue weighted by molar-refractivity contribution is -0.158. The first-order chi connectivity index (χ1) is 17.4. The van der Waals surface area contributed by atoms with Crippen LogP contribution in [0.3, 0.4) is 0 Å². The van der Waals surface area contributed by atoms with Gasteiger partial charge >= 0.3 is 24.1 Å². The van der Waals surface area contributed by atoms with Crippen LogP contribution in [0.25, 0.3) is 0 Å². The van der Waals surface area contributed by atoms with Gasteiger partial charge in [0.15, 0.2) is 0 Å². The van der Waals surface area contributed by atoms with Crippen molar-refractivity contribution in [2.75, 3.05) is 27.1 Å². The Bertz CT molecular complexity index is 815. The van der Waals surface area contributed by atoms with E-state index in [0.29, 0.717) is 50.7 Å². The molecular formula is C24H36N2O10. The zero-order valence-electron chi connectivity index (χ0n) is 20.5. The predicted octanol–water partition coefficient (Wildman–Crippen LogP) is 1.80. The molecule has 0 aromatic heterocycles. The van der Waals surface area contributed by atoms with E-state index in [9.17, 15) is 24.3 Å². The molecule has 6 atom stereocenters. The molecule has 2 saturated heterocycles. The molecule has 0 radical (unpaired) electrons. The second-order valence-corrected chi connectivity index (χ2v) is 10.1. The summed E-state index contributed by atoms with van der Waals surface area (Å²) in [6, 6.07) is -2.11. The van der Waals surface area contributed by atoms with Gasteiger partial charge in [0.25, 0.3) is 0 Å². The molecule has 2 heterocycles. The Morgan fingerprint density at radius 2 is 1.33 bits per heavy atom. The molecule has 0 bridgehead atoms. The Hall–Kier alpha value is -2.60. The quantitative estimate of drug-likeness (QED) is 0.291. The second kappa shape index (κ2) is 12.1. The predicted molar refractivity (Wildman–Crippen MR) is 122 cm³/mol. The minimum Gasteiger partial charge on any atom is -0.480 e. The van der Waals surface area contributed by atoms with Gasteiger partial charge in [-0.3, -0.25) is 0 Å². The largest absolute Gasteiger partial charge is 0.480 e. The van der Waals surface area contributed by atoms with Gasteiger partial charge in [-0.1, -0.05) is 0 Å². The number of amides is 2. The van der Waals surface area contributed by atoms with E-state index >= 15 is 0 Å². The maximum absolute atomic E-state index is 12.8. The molecule has 2 saturated carbocycles. The minimum absolute atomic E-state index is 0.0216. The normalized spacial score (nSPS) is 29.8. The van der Waals surface area contributed by atoms with E-state index in [0.717, 1.165) is 25.7 Å². The number of hydrogen-bond donors (Lipinski definition) is 3. The van der Waals surface area contributed by atoms with Crippen LogP contribution in [0.15, 0.2) is 0 Å². The molecule has 4 rings (SSSR count). The fourth-order valence-corrected chi connectivity index (χ4v) is 5.24. The van der Waals surface area contributed by atoms with Crippen LogP contribution in [0.2, 0.25) is 0 Å². The standard InChI is InChI=1S/C24H36N2O10/c1-32-23(30)26-20(16-7-9-34-18(11-16)14-4-5-14)22(29)35-12-36-24(31)25-19(21(27)28)15-6-8-33-17(10-15)13-2-3-13/h13-20H,2-12H2,1H3,(H,25,31)(H,26,30)(H,27,28)/t15-,16-,17+,18-,19+,20+/m1/s1. The second-order valence-electron chi connectivity index (χ2n) is 10.1. The number of rotatable bonds is 10. The molecule has 36 heavy (non-hydrogen) atoms. The number of carboxylic acids is 1. The Morgan fingerprint density at radius 1 is 0.806 bits per heavy atom. The third kappa shape index (κ3) is 7.22. The Balaban J connectivity index is 1.26. The Morgan fingerprint density at radius 3 is 1.83 bits per heavy atom. The number of carbonyl (C=O) groups excluding carboxylic acids is 3. The van der Waals surface area contributed by atoms with E-state index in [1.165, 1.54) is 7.11 Å². The van der Waals surface area contributed by atoms with Gasteiger partial charge in [-0.25, -0.2) is 19.2 Å². The zero-order valence-corrected chi connectivity index (χ0v) is 20.5. The summed E-state index contributed by atoms with van der Waals surface area (Å²) in [6.45, 7) is 0.207. The summed E-state index contributed by atoms with van der Waals surface area (Å²) in [5.41, 5.74) is 0. The smallest absolute Gasteiger partial charge is 0.410 e. The molecule has 0 aromatic rings. The minimum atomic E-state index is -1.16. The molecule has 2 aliphatic carbocycles. The van der Waals surface area contributed by atoms with Gasteiger partial charge in [-0.05, 0) is 75.0 Å². The third-order valence-electron chi connectivity index (χ3n) is 7.59. The van der Waals surface area contributed by atoms with Crippen LogP contribution < -0.4 is 10.6 Å². The molecule has 2 amide bonds. The molecule has 0 unspecified atom stereocenters. The first-order valence-electron chi connectivity index (χ1n) is 12.8. The van der Waals surface area contributed by atoms with E-state index in [1.54, 1.807) is 0 Å². The summed E-state index contributed by atoms with van der Waals surface area (Å²) < 4.78 is 26.3. The van der Waals surface area contributed by atoms with Gasteiger partial charge in [-0.2, -0.15) is 0 Å². The van der Waals surface area contributed by atoms with Gasteiger partial charge in [0.1, 0.15) is 12.1 Å². The summed E-state index contributed by atoms with van der Waals surface area (Å²) in [4.78, 5) is 48.8. The van der Waals surface area contributed by atoms with Crippen molar-refractivity contribution in [3.05, 3.63) is 0 Å². The van der Waals surface area contributed by atoms with E-state index < -0.39 is 43.0 Å². The lowest BCUT2D eigenvalue weighted by Crippen LogP contribution is -2.50. The van der Waals surface area contributed by atoms with Crippen molar-refractivity contribution in [1.29, 1.82) is 0 Å². The molecular weight excluding hydrogens is 476 g/mol. The molecule has 12 heteroatoms. The molecule has 0 spiro atoms. The Labute approximate surface area is 209 Å². The highest BCUT2D eigenvalue weighted by Gasteiger charge is 2.42. The summed E-state index contributed by atoms with van der Waals surface area (Å²) in [7, 11) is 1.20. The average Bonchev–Trinajstić information content (AvgIpc) is 3.78. The molecule has 4 aliphatic rings. The van der Waals surface area contributed by atoms with Gasteiger partial charge in [0.2, 0.25) is 6.79 Å². The highest BCUT2D eigenvalue weighted by molar-refractivity contribution is 5.82. The SMILES string of the molecule is COC(=O)N[C@H](C(=O)OCOC(=O)N[C@H](C(=O)O)[C@@H]1CCO[C@H](C2CC2)C1)[C@@H]1CCO[C@@H](C2CC2)C1. The number of hydrogen-bond acceptors (Lipinski definition) is 9. The number of aliphatic carboxylic acids is 1. The van der Waals surface area contributed by atoms with Gasteiger partial charge in [0.05, 0.1) is 19.3 Å². The van der Waals surface area contributed by atoms with Crippen molar-refractivity contribution in [3.63, 3.8) is 0 Å². The van der Waals surface area contributed by atoms with Crippen LogP contribution in [0.1, 0.15) is 51.4 Å². The fraction of sp³-hybridized carbons (Fsp3) is 0.833. The molecule has 0 aromatic carbocycles. The summed E-state index contributed by atoms with van der Waals surface area (Å²) in [5.74, 6) is -1.46. The van der Waals surface area contributed by atoms with E-state index in [2.05, 4.69) is 15.4 Å². The van der Waals surface area contributed by atoms with Crippen molar-refractivity contribution >= 4 is 24.1 Å².